The number of likely N-dealkylation sites (tertiary alicyclic amines) is 1. The Bertz CT molecular complexity index is 1030. The van der Waals surface area contributed by atoms with Gasteiger partial charge in [-0.05, 0) is 69.0 Å². The van der Waals surface area contributed by atoms with Crippen molar-refractivity contribution >= 4 is 16.8 Å². The van der Waals surface area contributed by atoms with Gasteiger partial charge < -0.3 is 4.90 Å². The number of fused-ring (bicyclic) bond motifs is 1. The molecule has 1 amide bonds. The molecular formula is C23H23FN2O. The van der Waals surface area contributed by atoms with Gasteiger partial charge in [-0.1, -0.05) is 23.8 Å². The number of aryl methyl sites for hydroxylation is 2. The number of hydrogen-bond donors (Lipinski definition) is 0. The van der Waals surface area contributed by atoms with E-state index >= 15 is 0 Å². The molecule has 138 valence electrons. The molecule has 0 spiro atoms. The minimum absolute atomic E-state index is 0.00849. The SMILES string of the molecule is Cc1ccc2nc(C)c(C)c(C(=O)N3CCC[C@@H]3c3ccc(F)cc3)c2c1. The maximum Gasteiger partial charge on any atom is 0.255 e. The first-order valence-electron chi connectivity index (χ1n) is 9.39. The standard InChI is InChI=1S/C23H23FN2O/c1-14-6-11-20-19(13-14)22(15(2)16(3)25-20)23(27)26-12-4-5-21(26)17-7-9-18(24)10-8-17/h6-11,13,21H,4-5,12H2,1-3H3/t21-/m1/s1. The first-order chi connectivity index (χ1) is 13.0. The molecule has 4 heteroatoms. The summed E-state index contributed by atoms with van der Waals surface area (Å²) in [5.74, 6) is -0.211. The number of halogens is 1. The second-order valence-corrected chi connectivity index (χ2v) is 7.43. The molecule has 27 heavy (non-hydrogen) atoms. The first kappa shape index (κ1) is 17.7. The van der Waals surface area contributed by atoms with Crippen LogP contribution in [0, 0.1) is 26.6 Å². The molecule has 3 aromatic rings. The Hall–Kier alpha value is -2.75. The van der Waals surface area contributed by atoms with Crippen molar-refractivity contribution in [3.05, 3.63) is 76.2 Å². The predicted molar refractivity (Wildman–Crippen MR) is 105 cm³/mol. The molecule has 1 saturated heterocycles. The van der Waals surface area contributed by atoms with Gasteiger partial charge in [0, 0.05) is 17.6 Å². The maximum atomic E-state index is 13.6. The predicted octanol–water partition coefficient (Wildman–Crippen LogP) is 5.28. The van der Waals surface area contributed by atoms with Crippen molar-refractivity contribution in [2.24, 2.45) is 0 Å². The highest BCUT2D eigenvalue weighted by Crippen LogP contribution is 2.35. The van der Waals surface area contributed by atoms with Crippen molar-refractivity contribution in [3.8, 4) is 0 Å². The average molecular weight is 362 g/mol. The van der Waals surface area contributed by atoms with E-state index in [2.05, 4.69) is 4.98 Å². The molecule has 1 aromatic heterocycles. The minimum Gasteiger partial charge on any atom is -0.332 e. The Labute approximate surface area is 158 Å². The summed E-state index contributed by atoms with van der Waals surface area (Å²) in [4.78, 5) is 20.2. The summed E-state index contributed by atoms with van der Waals surface area (Å²) in [5, 5.41) is 0.910. The minimum atomic E-state index is -0.253. The largest absolute Gasteiger partial charge is 0.332 e. The molecule has 0 saturated carbocycles. The summed E-state index contributed by atoms with van der Waals surface area (Å²) in [6.45, 7) is 6.67. The molecule has 1 aliphatic heterocycles. The van der Waals surface area contributed by atoms with E-state index in [1.54, 1.807) is 12.1 Å². The van der Waals surface area contributed by atoms with Crippen LogP contribution in [0.1, 0.15) is 51.6 Å². The van der Waals surface area contributed by atoms with E-state index in [1.165, 1.54) is 12.1 Å². The highest BCUT2D eigenvalue weighted by molar-refractivity contribution is 6.08. The zero-order valence-corrected chi connectivity index (χ0v) is 15.9. The van der Waals surface area contributed by atoms with Crippen LogP contribution >= 0.6 is 0 Å². The van der Waals surface area contributed by atoms with E-state index in [0.29, 0.717) is 0 Å². The molecule has 0 aliphatic carbocycles. The molecule has 0 N–H and O–H groups in total. The van der Waals surface area contributed by atoms with Crippen molar-refractivity contribution < 1.29 is 9.18 Å². The zero-order valence-electron chi connectivity index (χ0n) is 15.9. The number of amides is 1. The second kappa shape index (κ2) is 6.76. The van der Waals surface area contributed by atoms with E-state index in [4.69, 9.17) is 0 Å². The van der Waals surface area contributed by atoms with Gasteiger partial charge in [0.25, 0.3) is 5.91 Å². The Balaban J connectivity index is 1.81. The molecule has 2 aromatic carbocycles. The number of hydrogen-bond acceptors (Lipinski definition) is 2. The van der Waals surface area contributed by atoms with E-state index in [9.17, 15) is 9.18 Å². The van der Waals surface area contributed by atoms with Crippen LogP contribution in [0.3, 0.4) is 0 Å². The van der Waals surface area contributed by atoms with Crippen LogP contribution in [0.15, 0.2) is 42.5 Å². The van der Waals surface area contributed by atoms with E-state index in [-0.39, 0.29) is 17.8 Å². The lowest BCUT2D eigenvalue weighted by Crippen LogP contribution is -2.31. The van der Waals surface area contributed by atoms with Gasteiger partial charge in [0.1, 0.15) is 5.82 Å². The summed E-state index contributed by atoms with van der Waals surface area (Å²) < 4.78 is 13.3. The van der Waals surface area contributed by atoms with Gasteiger partial charge in [0.15, 0.2) is 0 Å². The van der Waals surface area contributed by atoms with Gasteiger partial charge in [0.05, 0.1) is 17.1 Å². The van der Waals surface area contributed by atoms with Crippen LogP contribution in [0.5, 0.6) is 0 Å². The van der Waals surface area contributed by atoms with Gasteiger partial charge >= 0.3 is 0 Å². The number of carbonyl (C=O) groups is 1. The Morgan fingerprint density at radius 1 is 1.11 bits per heavy atom. The molecule has 2 heterocycles. The van der Waals surface area contributed by atoms with Crippen molar-refractivity contribution in [2.45, 2.75) is 39.7 Å². The normalized spacial score (nSPS) is 16.9. The maximum absolute atomic E-state index is 13.6. The lowest BCUT2D eigenvalue weighted by atomic mass is 9.98. The lowest BCUT2D eigenvalue weighted by Gasteiger charge is -2.27. The summed E-state index contributed by atoms with van der Waals surface area (Å²) >= 11 is 0. The molecule has 1 aliphatic rings. The quantitative estimate of drug-likeness (QED) is 0.622. The lowest BCUT2D eigenvalue weighted by molar-refractivity contribution is 0.0736. The second-order valence-electron chi connectivity index (χ2n) is 7.43. The van der Waals surface area contributed by atoms with Crippen molar-refractivity contribution in [2.75, 3.05) is 6.54 Å². The Morgan fingerprint density at radius 2 is 1.85 bits per heavy atom. The molecular weight excluding hydrogens is 339 g/mol. The van der Waals surface area contributed by atoms with Crippen LogP contribution in [0.4, 0.5) is 4.39 Å². The number of pyridine rings is 1. The van der Waals surface area contributed by atoms with Crippen LogP contribution in [0.25, 0.3) is 10.9 Å². The van der Waals surface area contributed by atoms with Crippen molar-refractivity contribution in [1.29, 1.82) is 0 Å². The fraction of sp³-hybridized carbons (Fsp3) is 0.304. The van der Waals surface area contributed by atoms with Crippen molar-refractivity contribution in [3.63, 3.8) is 0 Å². The smallest absolute Gasteiger partial charge is 0.255 e. The number of carbonyl (C=O) groups excluding carboxylic acids is 1. The van der Waals surface area contributed by atoms with Crippen LogP contribution in [-0.4, -0.2) is 22.3 Å². The third kappa shape index (κ3) is 3.09. The van der Waals surface area contributed by atoms with Gasteiger partial charge in [-0.25, -0.2) is 4.39 Å². The number of rotatable bonds is 2. The molecule has 0 radical (unpaired) electrons. The highest BCUT2D eigenvalue weighted by atomic mass is 19.1. The molecule has 4 rings (SSSR count). The fourth-order valence-corrected chi connectivity index (χ4v) is 4.06. The van der Waals surface area contributed by atoms with Crippen molar-refractivity contribution in [1.82, 2.24) is 9.88 Å². The third-order valence-corrected chi connectivity index (χ3v) is 5.61. The molecule has 1 fully saturated rings. The third-order valence-electron chi connectivity index (χ3n) is 5.61. The average Bonchev–Trinajstić information content (AvgIpc) is 3.13. The monoisotopic (exact) mass is 362 g/mol. The topological polar surface area (TPSA) is 33.2 Å². The summed E-state index contributed by atoms with van der Waals surface area (Å²) in [6, 6.07) is 12.6. The number of benzene rings is 2. The molecule has 3 nitrogen and oxygen atoms in total. The summed E-state index contributed by atoms with van der Waals surface area (Å²) in [6.07, 6.45) is 1.85. The molecule has 0 unspecified atom stereocenters. The van der Waals surface area contributed by atoms with Crippen LogP contribution in [-0.2, 0) is 0 Å². The van der Waals surface area contributed by atoms with Gasteiger partial charge in [-0.15, -0.1) is 0 Å². The summed E-state index contributed by atoms with van der Waals surface area (Å²) in [7, 11) is 0. The first-order valence-corrected chi connectivity index (χ1v) is 9.39. The van der Waals surface area contributed by atoms with E-state index < -0.39 is 0 Å². The zero-order chi connectivity index (χ0) is 19.1. The number of aromatic nitrogens is 1. The van der Waals surface area contributed by atoms with Gasteiger partial charge in [0.2, 0.25) is 0 Å². The Kier molecular flexibility index (Phi) is 4.42. The van der Waals surface area contributed by atoms with Gasteiger partial charge in [-0.2, -0.15) is 0 Å². The van der Waals surface area contributed by atoms with Gasteiger partial charge in [-0.3, -0.25) is 9.78 Å². The van der Waals surface area contributed by atoms with Crippen LogP contribution in [0.2, 0.25) is 0 Å². The molecule has 0 bridgehead atoms. The van der Waals surface area contributed by atoms with E-state index in [1.807, 2.05) is 43.9 Å². The Morgan fingerprint density at radius 3 is 2.59 bits per heavy atom. The molecule has 1 atom stereocenters. The highest BCUT2D eigenvalue weighted by Gasteiger charge is 2.32. The fourth-order valence-electron chi connectivity index (χ4n) is 4.06. The van der Waals surface area contributed by atoms with E-state index in [0.717, 1.165) is 58.2 Å². The van der Waals surface area contributed by atoms with Crippen LogP contribution < -0.4 is 0 Å². The summed E-state index contributed by atoms with van der Waals surface area (Å²) in [5.41, 5.74) is 5.51. The number of nitrogens with zero attached hydrogens (tertiary/aromatic N) is 2.